The van der Waals surface area contributed by atoms with Crippen LogP contribution < -0.4 is 16.0 Å². The number of phenols is 2. The second kappa shape index (κ2) is 10.9. The van der Waals surface area contributed by atoms with E-state index in [0.29, 0.717) is 23.4 Å². The number of benzene rings is 2. The van der Waals surface area contributed by atoms with Gasteiger partial charge in [-0.25, -0.2) is 0 Å². The number of hydrogen-bond donors (Lipinski definition) is 5. The molecule has 0 aromatic heterocycles. The Bertz CT molecular complexity index is 1540. The van der Waals surface area contributed by atoms with Crippen molar-refractivity contribution >= 4 is 34.7 Å². The third-order valence-corrected chi connectivity index (χ3v) is 9.18. The number of aromatic hydroxyl groups is 2. The lowest BCUT2D eigenvalue weighted by Gasteiger charge is -2.52. The summed E-state index contributed by atoms with van der Waals surface area (Å²) in [4.78, 5) is 70.3. The molecule has 0 radical (unpaired) electrons. The van der Waals surface area contributed by atoms with Gasteiger partial charge in [-0.1, -0.05) is 12.1 Å². The predicted molar refractivity (Wildman–Crippen MR) is 154 cm³/mol. The van der Waals surface area contributed by atoms with E-state index in [1.165, 1.54) is 4.90 Å². The molecule has 0 heterocycles. The minimum absolute atomic E-state index is 0.00649. The van der Waals surface area contributed by atoms with Crippen LogP contribution in [-0.4, -0.2) is 89.1 Å². The van der Waals surface area contributed by atoms with Crippen LogP contribution in [0.2, 0.25) is 0 Å². The van der Waals surface area contributed by atoms with E-state index in [-0.39, 0.29) is 36.4 Å². The standard InChI is InChI=1S/C31H36N4O8/c1-34(2)20-11-16(13-33-12-14-5-7-17(36)8-6-14)25(37)22-18(20)9-15-10-19-24(35(3)4)27(39)23(30(32)42)29(41)31(19,43)28(40)21(15)26(22)38/h5-8,11,15,19,21,23-24,33,36-37,43H,9-10,12-13H2,1-4H3,(H2,32,42)/t15-,19-,21?,23?,24-,31-/m0/s1. The lowest BCUT2D eigenvalue weighted by atomic mass is 9.52. The molecule has 2 saturated carbocycles. The zero-order chi connectivity index (χ0) is 31.5. The van der Waals surface area contributed by atoms with Crippen LogP contribution >= 0.6 is 0 Å². The number of fused-ring (bicyclic) bond motifs is 3. The van der Waals surface area contributed by atoms with Crippen LogP contribution in [0.1, 0.15) is 33.5 Å². The van der Waals surface area contributed by atoms with E-state index in [0.717, 1.165) is 5.56 Å². The van der Waals surface area contributed by atoms with Crippen molar-refractivity contribution in [3.63, 3.8) is 0 Å². The van der Waals surface area contributed by atoms with Crippen LogP contribution in [-0.2, 0) is 38.7 Å². The lowest BCUT2D eigenvalue weighted by Crippen LogP contribution is -2.74. The average Bonchev–Trinajstić information content (AvgIpc) is 2.92. The van der Waals surface area contributed by atoms with Crippen molar-refractivity contribution in [3.05, 3.63) is 52.6 Å². The fourth-order valence-electron chi connectivity index (χ4n) is 7.20. The minimum Gasteiger partial charge on any atom is -0.508 e. The predicted octanol–water partition coefficient (Wildman–Crippen LogP) is -0.0716. The Balaban J connectivity index is 1.54. The highest BCUT2D eigenvalue weighted by Crippen LogP contribution is 2.52. The van der Waals surface area contributed by atoms with Crippen molar-refractivity contribution in [2.24, 2.45) is 29.4 Å². The summed E-state index contributed by atoms with van der Waals surface area (Å²) in [7, 11) is 6.70. The zero-order valence-electron chi connectivity index (χ0n) is 24.5. The number of amides is 1. The lowest BCUT2D eigenvalue weighted by molar-refractivity contribution is -0.181. The zero-order valence-corrected chi connectivity index (χ0v) is 24.5. The molecule has 2 unspecified atom stereocenters. The molecule has 43 heavy (non-hydrogen) atoms. The number of likely N-dealkylation sites (N-methyl/N-ethyl adjacent to an activating group) is 1. The molecule has 228 valence electrons. The molecule has 5 rings (SSSR count). The number of primary amides is 1. The van der Waals surface area contributed by atoms with E-state index in [4.69, 9.17) is 5.73 Å². The topological polar surface area (TPSA) is 191 Å². The van der Waals surface area contributed by atoms with Crippen molar-refractivity contribution in [3.8, 4) is 11.5 Å². The summed E-state index contributed by atoms with van der Waals surface area (Å²) in [5, 5.41) is 35.9. The van der Waals surface area contributed by atoms with Gasteiger partial charge in [0.05, 0.1) is 17.5 Å². The van der Waals surface area contributed by atoms with E-state index in [2.05, 4.69) is 5.32 Å². The third kappa shape index (κ3) is 4.70. The second-order valence-corrected chi connectivity index (χ2v) is 12.2. The van der Waals surface area contributed by atoms with Gasteiger partial charge in [-0.05, 0) is 62.2 Å². The van der Waals surface area contributed by atoms with Crippen LogP contribution in [0.5, 0.6) is 11.5 Å². The van der Waals surface area contributed by atoms with Gasteiger partial charge in [0.15, 0.2) is 34.7 Å². The van der Waals surface area contributed by atoms with Crippen molar-refractivity contribution in [2.45, 2.75) is 37.6 Å². The van der Waals surface area contributed by atoms with Crippen molar-refractivity contribution in [2.75, 3.05) is 33.1 Å². The number of ketones is 4. The first-order chi connectivity index (χ1) is 20.2. The molecule has 0 spiro atoms. The molecule has 3 aliphatic carbocycles. The molecule has 2 aromatic rings. The smallest absolute Gasteiger partial charge is 0.235 e. The number of carbonyl (C=O) groups excluding carboxylic acids is 5. The van der Waals surface area contributed by atoms with Crippen molar-refractivity contribution in [1.29, 1.82) is 0 Å². The van der Waals surface area contributed by atoms with Gasteiger partial charge in [0.1, 0.15) is 11.5 Å². The molecule has 6 N–H and O–H groups in total. The third-order valence-electron chi connectivity index (χ3n) is 9.18. The van der Waals surface area contributed by atoms with Gasteiger partial charge in [0.2, 0.25) is 5.91 Å². The molecule has 3 aliphatic rings. The summed E-state index contributed by atoms with van der Waals surface area (Å²) in [6, 6.07) is 7.25. The first-order valence-corrected chi connectivity index (χ1v) is 14.1. The molecule has 2 fully saturated rings. The Morgan fingerprint density at radius 2 is 1.67 bits per heavy atom. The van der Waals surface area contributed by atoms with Gasteiger partial charge in [-0.15, -0.1) is 0 Å². The average molecular weight is 593 g/mol. The number of Topliss-reactive ketones (excluding diaryl/α,β-unsaturated/α-hetero) is 4. The first kappa shape index (κ1) is 30.3. The largest absolute Gasteiger partial charge is 0.508 e. The molecule has 12 nitrogen and oxygen atoms in total. The molecule has 12 heteroatoms. The van der Waals surface area contributed by atoms with E-state index >= 15 is 0 Å². The molecule has 0 saturated heterocycles. The number of phenolic OH excluding ortho intramolecular Hbond substituents is 2. The molecular weight excluding hydrogens is 556 g/mol. The number of carbonyl (C=O) groups is 5. The van der Waals surface area contributed by atoms with Crippen LogP contribution in [0.4, 0.5) is 5.69 Å². The summed E-state index contributed by atoms with van der Waals surface area (Å²) in [5.74, 6) is -10.6. The van der Waals surface area contributed by atoms with Crippen LogP contribution in [0.15, 0.2) is 30.3 Å². The molecule has 6 atom stereocenters. The van der Waals surface area contributed by atoms with Gasteiger partial charge in [0.25, 0.3) is 0 Å². The summed E-state index contributed by atoms with van der Waals surface area (Å²) < 4.78 is 0. The number of rotatable bonds is 7. The second-order valence-electron chi connectivity index (χ2n) is 12.2. The Hall–Kier alpha value is -4.13. The highest BCUT2D eigenvalue weighted by molar-refractivity contribution is 6.32. The Labute approximate surface area is 248 Å². The maximum Gasteiger partial charge on any atom is 0.235 e. The van der Waals surface area contributed by atoms with Crippen molar-refractivity contribution in [1.82, 2.24) is 10.2 Å². The van der Waals surface area contributed by atoms with Crippen molar-refractivity contribution < 1.29 is 39.3 Å². The Morgan fingerprint density at radius 3 is 2.26 bits per heavy atom. The van der Waals surface area contributed by atoms with E-state index in [9.17, 15) is 39.3 Å². The number of aliphatic hydroxyl groups is 1. The maximum atomic E-state index is 14.1. The molecule has 0 bridgehead atoms. The van der Waals surface area contributed by atoms with E-state index in [1.54, 1.807) is 58.5 Å². The minimum atomic E-state index is -2.76. The van der Waals surface area contributed by atoms with Gasteiger partial charge < -0.3 is 31.3 Å². The van der Waals surface area contributed by atoms with Crippen LogP contribution in [0.25, 0.3) is 0 Å². The number of nitrogens with one attached hydrogen (secondary N) is 1. The monoisotopic (exact) mass is 592 g/mol. The van der Waals surface area contributed by atoms with Gasteiger partial charge >= 0.3 is 0 Å². The fraction of sp³-hybridized carbons (Fsp3) is 0.452. The SMILES string of the molecule is CN(C)c1cc(CNCc2ccc(O)cc2)c(O)c2c1C[C@H]1C[C@H]3[C@H](N(C)C)C(=O)C(C(N)=O)C(=O)[C@@]3(O)C(=O)C1C2=O. The highest BCUT2D eigenvalue weighted by atomic mass is 16.3. The number of anilines is 1. The summed E-state index contributed by atoms with van der Waals surface area (Å²) in [5.41, 5.74) is 5.08. The number of hydrogen-bond acceptors (Lipinski definition) is 11. The quantitative estimate of drug-likeness (QED) is 0.271. The van der Waals surface area contributed by atoms with E-state index < -0.39 is 64.4 Å². The Morgan fingerprint density at radius 1 is 1.02 bits per heavy atom. The number of nitrogens with zero attached hydrogens (tertiary/aromatic N) is 2. The summed E-state index contributed by atoms with van der Waals surface area (Å²) >= 11 is 0. The fourth-order valence-corrected chi connectivity index (χ4v) is 7.20. The normalized spacial score (nSPS) is 28.4. The first-order valence-electron chi connectivity index (χ1n) is 14.1. The molecule has 1 amide bonds. The van der Waals surface area contributed by atoms with Gasteiger partial charge in [0, 0.05) is 44.4 Å². The van der Waals surface area contributed by atoms with Gasteiger partial charge in [-0.2, -0.15) is 0 Å². The Kier molecular flexibility index (Phi) is 7.66. The summed E-state index contributed by atoms with van der Waals surface area (Å²) in [6.45, 7) is 0.585. The highest BCUT2D eigenvalue weighted by Gasteiger charge is 2.69. The van der Waals surface area contributed by atoms with E-state index in [1.807, 2.05) is 4.90 Å². The van der Waals surface area contributed by atoms with Crippen LogP contribution in [0, 0.1) is 23.7 Å². The number of nitrogens with two attached hydrogens (primary N) is 1. The van der Waals surface area contributed by atoms with Crippen LogP contribution in [0.3, 0.4) is 0 Å². The molecule has 0 aliphatic heterocycles. The summed E-state index contributed by atoms with van der Waals surface area (Å²) in [6.07, 6.45) is 0.182. The molecule has 2 aromatic carbocycles. The molecular formula is C31H36N4O8. The maximum absolute atomic E-state index is 14.1. The van der Waals surface area contributed by atoms with Gasteiger partial charge in [-0.3, -0.25) is 28.9 Å².